The van der Waals surface area contributed by atoms with Gasteiger partial charge in [-0.3, -0.25) is 4.79 Å². The summed E-state index contributed by atoms with van der Waals surface area (Å²) < 4.78 is 0. The molecule has 0 amide bonds. The number of carbonyl (C=O) groups excluding carboxylic acids is 1. The minimum atomic E-state index is -0.625. The van der Waals surface area contributed by atoms with E-state index in [1.807, 2.05) is 24.3 Å². The molecule has 0 aliphatic heterocycles. The molecule has 0 bridgehead atoms. The lowest BCUT2D eigenvalue weighted by Crippen LogP contribution is -2.37. The molecular weight excluding hydrogens is 399 g/mol. The summed E-state index contributed by atoms with van der Waals surface area (Å²) in [6.07, 6.45) is 7.16. The van der Waals surface area contributed by atoms with Crippen LogP contribution in [0.4, 0.5) is 0 Å². The summed E-state index contributed by atoms with van der Waals surface area (Å²) in [6.45, 7) is 0. The van der Waals surface area contributed by atoms with Crippen LogP contribution >= 0.6 is 23.2 Å². The summed E-state index contributed by atoms with van der Waals surface area (Å²) in [5, 5.41) is 2.50. The van der Waals surface area contributed by atoms with Gasteiger partial charge < -0.3 is 0 Å². The van der Waals surface area contributed by atoms with Crippen LogP contribution in [-0.2, 0) is 12.8 Å². The summed E-state index contributed by atoms with van der Waals surface area (Å²) in [7, 11) is 0. The lowest BCUT2D eigenvalue weighted by Gasteiger charge is -2.21. The lowest BCUT2D eigenvalue weighted by atomic mass is 9.82. The van der Waals surface area contributed by atoms with Crippen LogP contribution in [0, 0.1) is 5.92 Å². The number of halogens is 2. The maximum atomic E-state index is 13.2. The molecule has 5 rings (SSSR count). The van der Waals surface area contributed by atoms with Crippen molar-refractivity contribution in [3.63, 3.8) is 0 Å². The smallest absolute Gasteiger partial charge is 0.169 e. The summed E-state index contributed by atoms with van der Waals surface area (Å²) in [5.74, 6) is 0.0132. The second-order valence-electron chi connectivity index (χ2n) is 7.77. The van der Waals surface area contributed by atoms with Crippen LogP contribution in [0.3, 0.4) is 0 Å². The van der Waals surface area contributed by atoms with Gasteiger partial charge in [0.05, 0.1) is 0 Å². The first-order valence-electron chi connectivity index (χ1n) is 9.96. The quantitative estimate of drug-likeness (QED) is 0.411. The standard InChI is InChI=1S/C26H20Cl2O/c27-26(28)20-6-3-5-18(14-20)25(29)19-9-8-17-11-12-22-21-7-2-1-4-16(21)10-13-23(22)24(17)15-19/h1-7,11-15,19,26H,8-10H2. The van der Waals surface area contributed by atoms with Crippen molar-refractivity contribution in [2.45, 2.75) is 24.1 Å². The van der Waals surface area contributed by atoms with Crippen molar-refractivity contribution in [3.8, 4) is 11.1 Å². The van der Waals surface area contributed by atoms with E-state index in [0.717, 1.165) is 24.8 Å². The highest BCUT2D eigenvalue weighted by Crippen LogP contribution is 2.28. The monoisotopic (exact) mass is 418 g/mol. The molecule has 29 heavy (non-hydrogen) atoms. The third-order valence-corrected chi connectivity index (χ3v) is 6.57. The van der Waals surface area contributed by atoms with Crippen molar-refractivity contribution in [1.29, 1.82) is 0 Å². The molecule has 0 heterocycles. The predicted molar refractivity (Wildman–Crippen MR) is 121 cm³/mol. The molecule has 1 nitrogen and oxygen atoms in total. The molecule has 144 valence electrons. The number of aryl methyl sites for hydroxylation is 1. The van der Waals surface area contributed by atoms with Gasteiger partial charge in [-0.2, -0.15) is 0 Å². The highest BCUT2D eigenvalue weighted by molar-refractivity contribution is 6.44. The van der Waals surface area contributed by atoms with Crippen LogP contribution < -0.4 is 10.4 Å². The van der Waals surface area contributed by atoms with E-state index in [-0.39, 0.29) is 11.7 Å². The van der Waals surface area contributed by atoms with Crippen LogP contribution in [0.2, 0.25) is 0 Å². The molecular formula is C26H20Cl2O. The molecule has 3 heteroatoms. The van der Waals surface area contributed by atoms with E-state index >= 15 is 0 Å². The van der Waals surface area contributed by atoms with Crippen molar-refractivity contribution in [1.82, 2.24) is 0 Å². The van der Waals surface area contributed by atoms with Crippen molar-refractivity contribution < 1.29 is 4.79 Å². The molecule has 1 atom stereocenters. The molecule has 2 aliphatic carbocycles. The van der Waals surface area contributed by atoms with Crippen LogP contribution in [0.5, 0.6) is 0 Å². The Balaban J connectivity index is 1.59. The van der Waals surface area contributed by atoms with E-state index in [9.17, 15) is 4.79 Å². The van der Waals surface area contributed by atoms with Crippen molar-refractivity contribution >= 4 is 41.1 Å². The summed E-state index contributed by atoms with van der Waals surface area (Å²) in [4.78, 5) is 12.6. The van der Waals surface area contributed by atoms with Gasteiger partial charge in [0.15, 0.2) is 5.78 Å². The van der Waals surface area contributed by atoms with E-state index in [0.29, 0.717) is 5.56 Å². The minimum Gasteiger partial charge on any atom is -0.294 e. The molecule has 0 saturated carbocycles. The molecule has 0 fully saturated rings. The van der Waals surface area contributed by atoms with Crippen LogP contribution in [-0.4, -0.2) is 5.78 Å². The number of hydrogen-bond donors (Lipinski definition) is 0. The van der Waals surface area contributed by atoms with Crippen LogP contribution in [0.15, 0.2) is 60.7 Å². The average molecular weight is 419 g/mol. The number of carbonyl (C=O) groups is 1. The molecule has 3 aromatic rings. The Morgan fingerprint density at radius 3 is 2.62 bits per heavy atom. The molecule has 3 aromatic carbocycles. The van der Waals surface area contributed by atoms with Gasteiger partial charge in [0, 0.05) is 11.5 Å². The molecule has 1 unspecified atom stereocenters. The van der Waals surface area contributed by atoms with Gasteiger partial charge in [0.25, 0.3) is 0 Å². The van der Waals surface area contributed by atoms with E-state index in [1.54, 1.807) is 0 Å². The number of alkyl halides is 2. The van der Waals surface area contributed by atoms with Gasteiger partial charge in [-0.1, -0.05) is 66.7 Å². The van der Waals surface area contributed by atoms with E-state index < -0.39 is 4.84 Å². The summed E-state index contributed by atoms with van der Waals surface area (Å²) >= 11 is 12.0. The van der Waals surface area contributed by atoms with E-state index in [2.05, 4.69) is 48.6 Å². The number of hydrogen-bond acceptors (Lipinski definition) is 1. The second-order valence-corrected chi connectivity index (χ2v) is 8.86. The fraction of sp³-hybridized carbons (Fsp3) is 0.192. The van der Waals surface area contributed by atoms with Gasteiger partial charge in [-0.05, 0) is 63.6 Å². The number of rotatable bonds is 3. The Hall–Kier alpha value is -2.35. The fourth-order valence-electron chi connectivity index (χ4n) is 4.57. The number of fused-ring (bicyclic) bond motifs is 5. The van der Waals surface area contributed by atoms with Gasteiger partial charge >= 0.3 is 0 Å². The number of Topliss-reactive ketones (excluding diaryl/α,β-unsaturated/α-hetero) is 1. The zero-order valence-corrected chi connectivity index (χ0v) is 17.4. The lowest BCUT2D eigenvalue weighted by molar-refractivity contribution is 0.0946. The minimum absolute atomic E-state index is 0.126. The number of benzene rings is 3. The molecule has 2 aliphatic rings. The third-order valence-electron chi connectivity index (χ3n) is 6.06. The van der Waals surface area contributed by atoms with Gasteiger partial charge in [-0.15, -0.1) is 23.2 Å². The average Bonchev–Trinajstić information content (AvgIpc) is 2.77. The Morgan fingerprint density at radius 1 is 0.897 bits per heavy atom. The maximum absolute atomic E-state index is 13.2. The Bertz CT molecular complexity index is 1240. The zero-order valence-electron chi connectivity index (χ0n) is 15.9. The third kappa shape index (κ3) is 3.33. The number of ketones is 1. The largest absolute Gasteiger partial charge is 0.294 e. The Morgan fingerprint density at radius 2 is 1.76 bits per heavy atom. The first-order chi connectivity index (χ1) is 14.1. The highest BCUT2D eigenvalue weighted by atomic mass is 35.5. The predicted octanol–water partition coefficient (Wildman–Crippen LogP) is 5.39. The van der Waals surface area contributed by atoms with Gasteiger partial charge in [-0.25, -0.2) is 0 Å². The molecule has 0 aromatic heterocycles. The molecule has 0 N–H and O–H groups in total. The van der Waals surface area contributed by atoms with Gasteiger partial charge in [0.1, 0.15) is 4.84 Å². The van der Waals surface area contributed by atoms with Gasteiger partial charge in [0.2, 0.25) is 0 Å². The fourth-order valence-corrected chi connectivity index (χ4v) is 4.84. The maximum Gasteiger partial charge on any atom is 0.169 e. The summed E-state index contributed by atoms with van der Waals surface area (Å²) in [5.41, 5.74) is 6.70. The topological polar surface area (TPSA) is 17.1 Å². The van der Waals surface area contributed by atoms with E-state index in [4.69, 9.17) is 23.2 Å². The van der Waals surface area contributed by atoms with Crippen molar-refractivity contribution in [2.75, 3.05) is 0 Å². The molecule has 0 saturated heterocycles. The Labute approximate surface area is 180 Å². The van der Waals surface area contributed by atoms with Crippen LogP contribution in [0.25, 0.3) is 23.3 Å². The van der Waals surface area contributed by atoms with E-state index in [1.165, 1.54) is 32.7 Å². The summed E-state index contributed by atoms with van der Waals surface area (Å²) in [6, 6.07) is 20.4. The molecule has 0 radical (unpaired) electrons. The first kappa shape index (κ1) is 18.7. The second kappa shape index (κ2) is 7.48. The van der Waals surface area contributed by atoms with Crippen molar-refractivity contribution in [3.05, 3.63) is 93.4 Å². The SMILES string of the molecule is O=C(c1cccc(C(Cl)Cl)c1)C1C=c2c(ccc3c2=CCc2ccccc2-3)CC1. The van der Waals surface area contributed by atoms with Crippen molar-refractivity contribution in [2.24, 2.45) is 5.92 Å². The Kier molecular flexibility index (Phi) is 4.81. The highest BCUT2D eigenvalue weighted by Gasteiger charge is 2.23. The van der Waals surface area contributed by atoms with Crippen LogP contribution in [0.1, 0.15) is 38.3 Å². The molecule has 0 spiro atoms. The first-order valence-corrected chi connectivity index (χ1v) is 10.8. The normalized spacial score (nSPS) is 16.9. The zero-order chi connectivity index (χ0) is 20.0.